The molecule has 0 spiro atoms. The third kappa shape index (κ3) is 3.50. The molecule has 0 radical (unpaired) electrons. The van der Waals surface area contributed by atoms with Gasteiger partial charge in [-0.25, -0.2) is 0 Å². The van der Waals surface area contributed by atoms with Gasteiger partial charge in [0.2, 0.25) is 5.91 Å². The van der Waals surface area contributed by atoms with Crippen molar-refractivity contribution < 1.29 is 4.79 Å². The molecule has 1 amide bonds. The Bertz CT molecular complexity index is 319. The van der Waals surface area contributed by atoms with Crippen LogP contribution in [0.1, 0.15) is 58.3 Å². The molecule has 0 aromatic carbocycles. The molecule has 2 saturated carbocycles. The van der Waals surface area contributed by atoms with Crippen LogP contribution >= 0.6 is 0 Å². The Hall–Kier alpha value is -0.570. The number of nitrogens with one attached hydrogen (secondary N) is 1. The van der Waals surface area contributed by atoms with E-state index in [1.54, 1.807) is 0 Å². The summed E-state index contributed by atoms with van der Waals surface area (Å²) in [6.45, 7) is 4.34. The minimum atomic E-state index is 0.392. The van der Waals surface area contributed by atoms with Crippen molar-refractivity contribution in [1.29, 1.82) is 0 Å². The molecular weight excluding hydrogens is 236 g/mol. The zero-order chi connectivity index (χ0) is 13.2. The average Bonchev–Trinajstić information content (AvgIpc) is 3.23. The van der Waals surface area contributed by atoms with Gasteiger partial charge < -0.3 is 10.2 Å². The normalized spacial score (nSPS) is 33.4. The van der Waals surface area contributed by atoms with E-state index >= 15 is 0 Å². The molecule has 0 aromatic rings. The second-order valence-electron chi connectivity index (χ2n) is 7.01. The number of carbonyl (C=O) groups excluding carboxylic acids is 1. The maximum atomic E-state index is 12.0. The Balaban J connectivity index is 1.41. The van der Waals surface area contributed by atoms with Gasteiger partial charge in [-0.05, 0) is 44.4 Å². The Kier molecular flexibility index (Phi) is 4.11. The lowest BCUT2D eigenvalue weighted by Gasteiger charge is -2.36. The molecule has 1 aliphatic heterocycles. The Morgan fingerprint density at radius 3 is 2.37 bits per heavy atom. The summed E-state index contributed by atoms with van der Waals surface area (Å²) in [5.74, 6) is 1.72. The number of rotatable bonds is 3. The van der Waals surface area contributed by atoms with Crippen molar-refractivity contribution in [2.24, 2.45) is 11.8 Å². The molecule has 108 valence electrons. The molecule has 3 fully saturated rings. The summed E-state index contributed by atoms with van der Waals surface area (Å²) in [6, 6.07) is 1.39. The highest BCUT2D eigenvalue weighted by Gasteiger charge is 2.35. The number of piperidine rings is 1. The number of amides is 1. The largest absolute Gasteiger partial charge is 0.342 e. The van der Waals surface area contributed by atoms with Crippen LogP contribution < -0.4 is 5.32 Å². The van der Waals surface area contributed by atoms with Gasteiger partial charge in [-0.3, -0.25) is 4.79 Å². The molecule has 2 unspecified atom stereocenters. The summed E-state index contributed by atoms with van der Waals surface area (Å²) in [6.07, 6.45) is 10.1. The van der Waals surface area contributed by atoms with Crippen molar-refractivity contribution >= 4 is 5.91 Å². The topological polar surface area (TPSA) is 32.3 Å². The van der Waals surface area contributed by atoms with E-state index in [1.165, 1.54) is 25.7 Å². The lowest BCUT2D eigenvalue weighted by molar-refractivity contribution is -0.133. The Morgan fingerprint density at radius 1 is 1.00 bits per heavy atom. The fourth-order valence-corrected chi connectivity index (χ4v) is 3.77. The first kappa shape index (κ1) is 13.4. The van der Waals surface area contributed by atoms with Crippen molar-refractivity contribution in [2.45, 2.75) is 70.4 Å². The van der Waals surface area contributed by atoms with E-state index in [0.29, 0.717) is 17.9 Å². The smallest absolute Gasteiger partial charge is 0.225 e. The monoisotopic (exact) mass is 264 g/mol. The standard InChI is InChI=1S/C16H28N2O/c1-12-3-2-4-15(11-12)17-14-7-9-18(10-8-14)16(19)13-5-6-13/h12-15,17H,2-11H2,1H3. The van der Waals surface area contributed by atoms with Crippen LogP contribution in [0.25, 0.3) is 0 Å². The third-order valence-corrected chi connectivity index (χ3v) is 5.14. The molecule has 3 heteroatoms. The molecular formula is C16H28N2O. The number of likely N-dealkylation sites (tertiary alicyclic amines) is 1. The highest BCUT2D eigenvalue weighted by Crippen LogP contribution is 2.32. The number of hydrogen-bond acceptors (Lipinski definition) is 2. The van der Waals surface area contributed by atoms with E-state index in [1.807, 2.05) is 0 Å². The second-order valence-corrected chi connectivity index (χ2v) is 7.01. The summed E-state index contributed by atoms with van der Waals surface area (Å²) in [5, 5.41) is 3.85. The van der Waals surface area contributed by atoms with E-state index in [2.05, 4.69) is 17.1 Å². The highest BCUT2D eigenvalue weighted by molar-refractivity contribution is 5.81. The number of nitrogens with zero attached hydrogens (tertiary/aromatic N) is 1. The summed E-state index contributed by atoms with van der Waals surface area (Å²) >= 11 is 0. The van der Waals surface area contributed by atoms with Crippen LogP contribution in [-0.2, 0) is 4.79 Å². The second kappa shape index (κ2) is 5.82. The zero-order valence-electron chi connectivity index (χ0n) is 12.2. The van der Waals surface area contributed by atoms with Crippen LogP contribution in [0.2, 0.25) is 0 Å². The molecule has 1 N–H and O–H groups in total. The van der Waals surface area contributed by atoms with Crippen LogP contribution in [0.5, 0.6) is 0 Å². The van der Waals surface area contributed by atoms with E-state index in [-0.39, 0.29) is 0 Å². The van der Waals surface area contributed by atoms with Crippen LogP contribution in [0.15, 0.2) is 0 Å². The number of carbonyl (C=O) groups is 1. The third-order valence-electron chi connectivity index (χ3n) is 5.14. The molecule has 1 saturated heterocycles. The van der Waals surface area contributed by atoms with Crippen LogP contribution in [0, 0.1) is 11.8 Å². The summed E-state index contributed by atoms with van der Waals surface area (Å²) in [7, 11) is 0. The number of hydrogen-bond donors (Lipinski definition) is 1. The summed E-state index contributed by atoms with van der Waals surface area (Å²) in [5.41, 5.74) is 0. The van der Waals surface area contributed by atoms with Crippen molar-refractivity contribution in [1.82, 2.24) is 10.2 Å². The van der Waals surface area contributed by atoms with Gasteiger partial charge in [0.25, 0.3) is 0 Å². The first-order chi connectivity index (χ1) is 9.22. The van der Waals surface area contributed by atoms with Gasteiger partial charge in [0.05, 0.1) is 0 Å². The van der Waals surface area contributed by atoms with Gasteiger partial charge in [-0.1, -0.05) is 19.8 Å². The van der Waals surface area contributed by atoms with Gasteiger partial charge >= 0.3 is 0 Å². The highest BCUT2D eigenvalue weighted by atomic mass is 16.2. The van der Waals surface area contributed by atoms with Gasteiger partial charge in [-0.15, -0.1) is 0 Å². The minimum Gasteiger partial charge on any atom is -0.342 e. The van der Waals surface area contributed by atoms with Gasteiger partial charge in [0.15, 0.2) is 0 Å². The fraction of sp³-hybridized carbons (Fsp3) is 0.938. The zero-order valence-corrected chi connectivity index (χ0v) is 12.2. The molecule has 0 bridgehead atoms. The van der Waals surface area contributed by atoms with Gasteiger partial charge in [0, 0.05) is 31.1 Å². The maximum Gasteiger partial charge on any atom is 0.225 e. The average molecular weight is 264 g/mol. The Labute approximate surface area is 117 Å². The molecule has 1 heterocycles. The van der Waals surface area contributed by atoms with Crippen LogP contribution in [0.3, 0.4) is 0 Å². The van der Waals surface area contributed by atoms with Crippen LogP contribution in [-0.4, -0.2) is 36.0 Å². The van der Waals surface area contributed by atoms with E-state index in [0.717, 1.165) is 50.7 Å². The molecule has 19 heavy (non-hydrogen) atoms. The van der Waals surface area contributed by atoms with Crippen molar-refractivity contribution in [3.63, 3.8) is 0 Å². The van der Waals surface area contributed by atoms with Crippen LogP contribution in [0.4, 0.5) is 0 Å². The van der Waals surface area contributed by atoms with E-state index < -0.39 is 0 Å². The first-order valence-corrected chi connectivity index (χ1v) is 8.27. The van der Waals surface area contributed by atoms with Crippen molar-refractivity contribution in [3.05, 3.63) is 0 Å². The quantitative estimate of drug-likeness (QED) is 0.849. The predicted octanol–water partition coefficient (Wildman–Crippen LogP) is 2.56. The molecule has 3 aliphatic rings. The first-order valence-electron chi connectivity index (χ1n) is 8.27. The molecule has 3 nitrogen and oxygen atoms in total. The predicted molar refractivity (Wildman–Crippen MR) is 76.9 cm³/mol. The summed E-state index contributed by atoms with van der Waals surface area (Å²) < 4.78 is 0. The van der Waals surface area contributed by atoms with E-state index in [9.17, 15) is 4.79 Å². The van der Waals surface area contributed by atoms with Crippen molar-refractivity contribution in [3.8, 4) is 0 Å². The lowest BCUT2D eigenvalue weighted by Crippen LogP contribution is -2.49. The lowest BCUT2D eigenvalue weighted by atomic mass is 9.86. The molecule has 2 atom stereocenters. The van der Waals surface area contributed by atoms with Crippen molar-refractivity contribution in [2.75, 3.05) is 13.1 Å². The van der Waals surface area contributed by atoms with E-state index in [4.69, 9.17) is 0 Å². The molecule has 0 aromatic heterocycles. The molecule has 3 rings (SSSR count). The fourth-order valence-electron chi connectivity index (χ4n) is 3.77. The summed E-state index contributed by atoms with van der Waals surface area (Å²) in [4.78, 5) is 14.1. The molecule has 2 aliphatic carbocycles. The maximum absolute atomic E-state index is 12.0. The Morgan fingerprint density at radius 2 is 1.74 bits per heavy atom. The van der Waals surface area contributed by atoms with Gasteiger partial charge in [-0.2, -0.15) is 0 Å². The SMILES string of the molecule is CC1CCCC(NC2CCN(C(=O)C3CC3)CC2)C1. The van der Waals surface area contributed by atoms with Gasteiger partial charge in [0.1, 0.15) is 0 Å². The minimum absolute atomic E-state index is 0.392.